The standard InChI is InChI=1S/C18H17FN2O5S/c1-24-11-16-18(21-27(22,23)13-6-4-3-5-7-13)17(20-26-16)12-8-9-15(25-2)14(19)10-12/h3-10,21H,11H2,1-2H3. The lowest BCUT2D eigenvalue weighted by atomic mass is 10.1. The number of nitrogens with one attached hydrogen (secondary N) is 1. The Hall–Kier alpha value is -2.91. The number of rotatable bonds is 7. The van der Waals surface area contributed by atoms with Crippen LogP contribution in [-0.4, -0.2) is 27.8 Å². The Morgan fingerprint density at radius 3 is 2.52 bits per heavy atom. The van der Waals surface area contributed by atoms with Crippen LogP contribution in [0.25, 0.3) is 11.3 Å². The summed E-state index contributed by atoms with van der Waals surface area (Å²) in [6, 6.07) is 12.0. The molecule has 9 heteroatoms. The van der Waals surface area contributed by atoms with Gasteiger partial charge >= 0.3 is 0 Å². The summed E-state index contributed by atoms with van der Waals surface area (Å²) in [6.45, 7) is -0.0156. The normalized spacial score (nSPS) is 11.4. The van der Waals surface area contributed by atoms with Crippen molar-refractivity contribution in [3.63, 3.8) is 0 Å². The van der Waals surface area contributed by atoms with E-state index in [2.05, 4.69) is 9.88 Å². The summed E-state index contributed by atoms with van der Waals surface area (Å²) < 4.78 is 57.1. The lowest BCUT2D eigenvalue weighted by Gasteiger charge is -2.10. The molecule has 1 N–H and O–H groups in total. The third-order valence-corrected chi connectivity index (χ3v) is 5.12. The van der Waals surface area contributed by atoms with E-state index in [4.69, 9.17) is 14.0 Å². The molecule has 27 heavy (non-hydrogen) atoms. The molecule has 1 aromatic heterocycles. The lowest BCUT2D eigenvalue weighted by Crippen LogP contribution is -2.14. The van der Waals surface area contributed by atoms with Gasteiger partial charge in [-0.1, -0.05) is 23.4 Å². The predicted octanol–water partition coefficient (Wildman–Crippen LogP) is 3.44. The Morgan fingerprint density at radius 1 is 1.15 bits per heavy atom. The molecule has 0 atom stereocenters. The number of sulfonamides is 1. The second-order valence-corrected chi connectivity index (χ2v) is 7.21. The maximum absolute atomic E-state index is 14.1. The third-order valence-electron chi connectivity index (χ3n) is 3.75. The van der Waals surface area contributed by atoms with E-state index >= 15 is 0 Å². The highest BCUT2D eigenvalue weighted by molar-refractivity contribution is 7.92. The number of ether oxygens (including phenoxy) is 2. The highest BCUT2D eigenvalue weighted by Crippen LogP contribution is 2.34. The first-order valence-corrected chi connectivity index (χ1v) is 9.34. The molecule has 0 amide bonds. The van der Waals surface area contributed by atoms with Crippen LogP contribution < -0.4 is 9.46 Å². The van der Waals surface area contributed by atoms with Gasteiger partial charge in [-0.15, -0.1) is 0 Å². The van der Waals surface area contributed by atoms with Gasteiger partial charge in [-0.2, -0.15) is 0 Å². The number of nitrogens with zero attached hydrogens (tertiary/aromatic N) is 1. The van der Waals surface area contributed by atoms with E-state index in [0.717, 1.165) is 0 Å². The molecule has 0 aliphatic carbocycles. The van der Waals surface area contributed by atoms with Gasteiger partial charge in [0.05, 0.1) is 12.0 Å². The smallest absolute Gasteiger partial charge is 0.262 e. The topological polar surface area (TPSA) is 90.7 Å². The van der Waals surface area contributed by atoms with Gasteiger partial charge in [0.1, 0.15) is 18.0 Å². The summed E-state index contributed by atoms with van der Waals surface area (Å²) in [7, 11) is -1.11. The summed E-state index contributed by atoms with van der Waals surface area (Å²) >= 11 is 0. The van der Waals surface area contributed by atoms with Crippen LogP contribution in [0.15, 0.2) is 57.9 Å². The van der Waals surface area contributed by atoms with Crippen molar-refractivity contribution in [2.45, 2.75) is 11.5 Å². The SMILES string of the molecule is COCc1onc(-c2ccc(OC)c(F)c2)c1NS(=O)(=O)c1ccccc1. The minimum atomic E-state index is -3.90. The average Bonchev–Trinajstić information content (AvgIpc) is 3.04. The van der Waals surface area contributed by atoms with Crippen LogP contribution in [0.3, 0.4) is 0 Å². The largest absolute Gasteiger partial charge is 0.494 e. The van der Waals surface area contributed by atoms with Crippen molar-refractivity contribution in [1.82, 2.24) is 5.16 Å². The summed E-state index contributed by atoms with van der Waals surface area (Å²) in [6.07, 6.45) is 0. The van der Waals surface area contributed by atoms with Crippen LogP contribution in [0, 0.1) is 5.82 Å². The maximum Gasteiger partial charge on any atom is 0.262 e. The maximum atomic E-state index is 14.1. The van der Waals surface area contributed by atoms with Gasteiger partial charge < -0.3 is 14.0 Å². The third kappa shape index (κ3) is 3.93. The number of methoxy groups -OCH3 is 2. The Morgan fingerprint density at radius 2 is 1.89 bits per heavy atom. The Bertz CT molecular complexity index is 1040. The number of hydrogen-bond acceptors (Lipinski definition) is 6. The second kappa shape index (κ2) is 7.77. The molecule has 0 aliphatic rings. The summed E-state index contributed by atoms with van der Waals surface area (Å²) in [5, 5.41) is 3.89. The number of anilines is 1. The molecule has 0 unspecified atom stereocenters. The highest BCUT2D eigenvalue weighted by Gasteiger charge is 2.24. The summed E-state index contributed by atoms with van der Waals surface area (Å²) in [4.78, 5) is 0.0708. The van der Waals surface area contributed by atoms with Gasteiger partial charge in [0, 0.05) is 12.7 Å². The molecule has 0 radical (unpaired) electrons. The van der Waals surface area contributed by atoms with Crippen molar-refractivity contribution in [3.8, 4) is 17.0 Å². The van der Waals surface area contributed by atoms with Gasteiger partial charge in [-0.3, -0.25) is 4.72 Å². The van der Waals surface area contributed by atoms with Crippen molar-refractivity contribution in [2.24, 2.45) is 0 Å². The van der Waals surface area contributed by atoms with Gasteiger partial charge in [0.25, 0.3) is 10.0 Å². The van der Waals surface area contributed by atoms with Crippen molar-refractivity contribution < 1.29 is 26.8 Å². The van der Waals surface area contributed by atoms with E-state index in [0.29, 0.717) is 5.56 Å². The molecular formula is C18H17FN2O5S. The Balaban J connectivity index is 2.06. The molecule has 1 heterocycles. The van der Waals surface area contributed by atoms with E-state index in [1.54, 1.807) is 24.3 Å². The first-order chi connectivity index (χ1) is 13.0. The monoisotopic (exact) mass is 392 g/mol. The summed E-state index contributed by atoms with van der Waals surface area (Å²) in [5.41, 5.74) is 0.554. The van der Waals surface area contributed by atoms with Crippen molar-refractivity contribution in [2.75, 3.05) is 18.9 Å². The molecule has 7 nitrogen and oxygen atoms in total. The quantitative estimate of drug-likeness (QED) is 0.662. The zero-order valence-corrected chi connectivity index (χ0v) is 15.4. The fourth-order valence-electron chi connectivity index (χ4n) is 2.46. The van der Waals surface area contributed by atoms with Gasteiger partial charge in [0.2, 0.25) is 0 Å². The highest BCUT2D eigenvalue weighted by atomic mass is 32.2. The lowest BCUT2D eigenvalue weighted by molar-refractivity contribution is 0.156. The fourth-order valence-corrected chi connectivity index (χ4v) is 3.58. The average molecular weight is 392 g/mol. The molecule has 3 rings (SSSR count). The molecule has 0 spiro atoms. The number of aromatic nitrogens is 1. The van der Waals surface area contributed by atoms with Gasteiger partial charge in [0.15, 0.2) is 17.3 Å². The molecule has 2 aromatic carbocycles. The predicted molar refractivity (Wildman–Crippen MR) is 96.4 cm³/mol. The van der Waals surface area contributed by atoms with E-state index < -0.39 is 15.8 Å². The first-order valence-electron chi connectivity index (χ1n) is 7.85. The molecule has 0 fully saturated rings. The van der Waals surface area contributed by atoms with Crippen LogP contribution in [0.5, 0.6) is 5.75 Å². The molecule has 0 aliphatic heterocycles. The van der Waals surface area contributed by atoms with Crippen LogP contribution in [0.4, 0.5) is 10.1 Å². The minimum Gasteiger partial charge on any atom is -0.494 e. The number of halogens is 1. The molecular weight excluding hydrogens is 375 g/mol. The molecule has 0 saturated heterocycles. The zero-order valence-electron chi connectivity index (χ0n) is 14.6. The summed E-state index contributed by atoms with van der Waals surface area (Å²) in [5.74, 6) is -0.378. The Labute approximate surface area is 155 Å². The number of hydrogen-bond donors (Lipinski definition) is 1. The fraction of sp³-hybridized carbons (Fsp3) is 0.167. The molecule has 3 aromatic rings. The number of benzene rings is 2. The van der Waals surface area contributed by atoms with Crippen molar-refractivity contribution >= 4 is 15.7 Å². The first kappa shape index (κ1) is 18.9. The molecule has 142 valence electrons. The van der Waals surface area contributed by atoms with E-state index in [1.165, 1.54) is 38.5 Å². The van der Waals surface area contributed by atoms with Crippen LogP contribution >= 0.6 is 0 Å². The minimum absolute atomic E-state index is 0.0156. The van der Waals surface area contributed by atoms with Crippen molar-refractivity contribution in [1.29, 1.82) is 0 Å². The molecule has 0 saturated carbocycles. The van der Waals surface area contributed by atoms with E-state index in [9.17, 15) is 12.8 Å². The van der Waals surface area contributed by atoms with Crippen LogP contribution in [0.2, 0.25) is 0 Å². The molecule has 0 bridgehead atoms. The van der Waals surface area contributed by atoms with Gasteiger partial charge in [-0.25, -0.2) is 12.8 Å². The van der Waals surface area contributed by atoms with Gasteiger partial charge in [-0.05, 0) is 30.3 Å². The van der Waals surface area contributed by atoms with E-state index in [1.807, 2.05) is 0 Å². The van der Waals surface area contributed by atoms with E-state index in [-0.39, 0.29) is 34.4 Å². The van der Waals surface area contributed by atoms with Crippen LogP contribution in [-0.2, 0) is 21.4 Å². The Kier molecular flexibility index (Phi) is 5.43. The van der Waals surface area contributed by atoms with Crippen molar-refractivity contribution in [3.05, 3.63) is 60.1 Å². The van der Waals surface area contributed by atoms with Crippen LogP contribution in [0.1, 0.15) is 5.76 Å². The second-order valence-electron chi connectivity index (χ2n) is 5.53. The zero-order chi connectivity index (χ0) is 19.4.